The van der Waals surface area contributed by atoms with Crippen LogP contribution in [-0.2, 0) is 14.6 Å². The molecule has 0 amide bonds. The summed E-state index contributed by atoms with van der Waals surface area (Å²) in [5, 5.41) is 9.39. The molecule has 0 aliphatic carbocycles. The van der Waals surface area contributed by atoms with Crippen molar-refractivity contribution in [1.29, 1.82) is 0 Å². The summed E-state index contributed by atoms with van der Waals surface area (Å²) in [5.41, 5.74) is 0. The largest absolute Gasteiger partial charge is 0.467 e. The van der Waals surface area contributed by atoms with Crippen molar-refractivity contribution in [2.45, 2.75) is 0 Å². The molecule has 0 heterocycles. The zero-order valence-corrected chi connectivity index (χ0v) is 3.43. The van der Waals surface area contributed by atoms with Gasteiger partial charge in [0.25, 0.3) is 0 Å². The maximum atomic E-state index is 9.65. The van der Waals surface area contributed by atoms with E-state index in [2.05, 4.69) is 4.74 Å². The Morgan fingerprint density at radius 3 is 2.33 bits per heavy atom. The fraction of sp³-hybridized carbons (Fsp3) is 0.667. The molecule has 0 aromatic rings. The van der Waals surface area contributed by atoms with Crippen LogP contribution in [0.1, 0.15) is 0 Å². The van der Waals surface area contributed by atoms with E-state index in [1.54, 1.807) is 0 Å². The molecule has 0 saturated heterocycles. The van der Waals surface area contributed by atoms with Crippen molar-refractivity contribution in [3.05, 3.63) is 0 Å². The van der Waals surface area contributed by atoms with Crippen LogP contribution in [0.15, 0.2) is 0 Å². The van der Waals surface area contributed by atoms with Crippen molar-refractivity contribution >= 4 is 5.97 Å². The summed E-state index contributed by atoms with van der Waals surface area (Å²) >= 11 is 0. The summed E-state index contributed by atoms with van der Waals surface area (Å²) in [5.74, 6) is -0.713. The second-order valence-corrected chi connectivity index (χ2v) is 0.720. The van der Waals surface area contributed by atoms with Crippen LogP contribution >= 0.6 is 0 Å². The molecule has 35 valence electrons. The predicted molar refractivity (Wildman–Crippen MR) is 17.6 cm³/mol. The van der Waals surface area contributed by atoms with Gasteiger partial charge in [-0.3, -0.25) is 0 Å². The van der Waals surface area contributed by atoms with Crippen molar-refractivity contribution in [3.63, 3.8) is 0 Å². The minimum Gasteiger partial charge on any atom is -0.467 e. The van der Waals surface area contributed by atoms with Crippen LogP contribution in [0.25, 0.3) is 0 Å². The molecule has 0 aromatic heterocycles. The van der Waals surface area contributed by atoms with E-state index in [0.29, 0.717) is 0 Å². The standard InChI is InChI=1S/C3H5O3/c1-6-3(5)2-4/h2H2,1H3. The summed E-state index contributed by atoms with van der Waals surface area (Å²) in [7, 11) is 1.18. The molecule has 0 aromatic carbocycles. The Bertz CT molecular complexity index is 44.0. The van der Waals surface area contributed by atoms with Gasteiger partial charge in [-0.15, -0.1) is 0 Å². The maximum Gasteiger partial charge on any atom is 0.335 e. The van der Waals surface area contributed by atoms with Crippen molar-refractivity contribution in [2.75, 3.05) is 13.7 Å². The first-order valence-electron chi connectivity index (χ1n) is 1.46. The number of hydrogen-bond donors (Lipinski definition) is 0. The van der Waals surface area contributed by atoms with Crippen LogP contribution < -0.4 is 0 Å². The van der Waals surface area contributed by atoms with Gasteiger partial charge in [0.2, 0.25) is 0 Å². The van der Waals surface area contributed by atoms with Gasteiger partial charge in [-0.1, -0.05) is 0 Å². The third-order valence-electron chi connectivity index (χ3n) is 0.346. The number of methoxy groups -OCH3 is 1. The lowest BCUT2D eigenvalue weighted by atomic mass is 10.8. The Balaban J connectivity index is 2.99. The molecule has 3 heteroatoms. The number of esters is 1. The minimum atomic E-state index is -0.781. The summed E-state index contributed by atoms with van der Waals surface area (Å²) in [4.78, 5) is 9.65. The summed E-state index contributed by atoms with van der Waals surface area (Å²) in [6.45, 7) is -0.781. The summed E-state index contributed by atoms with van der Waals surface area (Å²) in [6.07, 6.45) is 0. The van der Waals surface area contributed by atoms with E-state index in [4.69, 9.17) is 0 Å². The molecule has 0 N–H and O–H groups in total. The van der Waals surface area contributed by atoms with Crippen molar-refractivity contribution in [3.8, 4) is 0 Å². The number of hydrogen-bond acceptors (Lipinski definition) is 2. The van der Waals surface area contributed by atoms with Gasteiger partial charge in [0.1, 0.15) is 0 Å². The van der Waals surface area contributed by atoms with Crippen LogP contribution in [0, 0.1) is 0 Å². The van der Waals surface area contributed by atoms with E-state index in [1.165, 1.54) is 7.11 Å². The zero-order chi connectivity index (χ0) is 4.99. The topological polar surface area (TPSA) is 46.2 Å². The second-order valence-electron chi connectivity index (χ2n) is 0.720. The lowest BCUT2D eigenvalue weighted by Gasteiger charge is -1.85. The lowest BCUT2D eigenvalue weighted by molar-refractivity contribution is -0.145. The molecule has 0 fully saturated rings. The van der Waals surface area contributed by atoms with Gasteiger partial charge in [0, 0.05) is 0 Å². The van der Waals surface area contributed by atoms with Gasteiger partial charge in [-0.25, -0.2) is 9.90 Å². The molecular weight excluding hydrogens is 84.0 g/mol. The third-order valence-corrected chi connectivity index (χ3v) is 0.346. The average molecular weight is 89.1 g/mol. The Kier molecular flexibility index (Phi) is 2.40. The first-order chi connectivity index (χ1) is 2.81. The fourth-order valence-electron chi connectivity index (χ4n) is 0.0589. The molecule has 0 atom stereocenters. The van der Waals surface area contributed by atoms with Crippen LogP contribution in [-0.4, -0.2) is 19.7 Å². The SMILES string of the molecule is COC(=O)C[O]. The molecule has 0 saturated carbocycles. The Labute approximate surface area is 35.5 Å². The monoisotopic (exact) mass is 89.0 g/mol. The van der Waals surface area contributed by atoms with E-state index in [-0.39, 0.29) is 0 Å². The highest BCUT2D eigenvalue weighted by Gasteiger charge is 1.91. The number of ether oxygens (including phenoxy) is 1. The Morgan fingerprint density at radius 1 is 1.83 bits per heavy atom. The van der Waals surface area contributed by atoms with Gasteiger partial charge in [-0.05, 0) is 0 Å². The lowest BCUT2D eigenvalue weighted by Crippen LogP contribution is -2.02. The zero-order valence-electron chi connectivity index (χ0n) is 3.43. The van der Waals surface area contributed by atoms with Crippen LogP contribution in [0.4, 0.5) is 0 Å². The molecule has 3 nitrogen and oxygen atoms in total. The van der Waals surface area contributed by atoms with E-state index in [9.17, 15) is 9.90 Å². The molecule has 0 unspecified atom stereocenters. The molecule has 0 aliphatic heterocycles. The third kappa shape index (κ3) is 1.72. The van der Waals surface area contributed by atoms with Crippen LogP contribution in [0.3, 0.4) is 0 Å². The predicted octanol–water partition coefficient (Wildman–Crippen LogP) is -0.410. The highest BCUT2D eigenvalue weighted by Crippen LogP contribution is 1.64. The minimum absolute atomic E-state index is 0.713. The first-order valence-corrected chi connectivity index (χ1v) is 1.46. The molecule has 6 heavy (non-hydrogen) atoms. The number of rotatable bonds is 1. The summed E-state index contributed by atoms with van der Waals surface area (Å²) < 4.78 is 3.95. The molecular formula is C3H5O3. The number of carbonyl (C=O) groups is 1. The highest BCUT2D eigenvalue weighted by molar-refractivity contribution is 5.69. The quantitative estimate of drug-likeness (QED) is 0.410. The van der Waals surface area contributed by atoms with Crippen molar-refractivity contribution in [1.82, 2.24) is 0 Å². The summed E-state index contributed by atoms with van der Waals surface area (Å²) in [6, 6.07) is 0. The van der Waals surface area contributed by atoms with Gasteiger partial charge in [-0.2, -0.15) is 0 Å². The number of carbonyl (C=O) groups excluding carboxylic acids is 1. The molecule has 0 rings (SSSR count). The van der Waals surface area contributed by atoms with Gasteiger partial charge in [0.15, 0.2) is 6.61 Å². The molecule has 0 spiro atoms. The first kappa shape index (κ1) is 5.43. The van der Waals surface area contributed by atoms with Crippen LogP contribution in [0.5, 0.6) is 0 Å². The van der Waals surface area contributed by atoms with Crippen molar-refractivity contribution < 1.29 is 14.6 Å². The van der Waals surface area contributed by atoms with E-state index in [1.807, 2.05) is 0 Å². The highest BCUT2D eigenvalue weighted by atomic mass is 16.5. The van der Waals surface area contributed by atoms with Gasteiger partial charge < -0.3 is 4.74 Å². The van der Waals surface area contributed by atoms with Crippen molar-refractivity contribution in [2.24, 2.45) is 0 Å². The second kappa shape index (κ2) is 2.66. The Morgan fingerprint density at radius 2 is 2.33 bits per heavy atom. The van der Waals surface area contributed by atoms with Gasteiger partial charge >= 0.3 is 5.97 Å². The van der Waals surface area contributed by atoms with E-state index >= 15 is 0 Å². The van der Waals surface area contributed by atoms with E-state index in [0.717, 1.165) is 0 Å². The molecule has 1 radical (unpaired) electrons. The fourth-order valence-corrected chi connectivity index (χ4v) is 0.0589. The van der Waals surface area contributed by atoms with E-state index < -0.39 is 12.6 Å². The average Bonchev–Trinajstić information content (AvgIpc) is 1.65. The smallest absolute Gasteiger partial charge is 0.335 e. The molecule has 0 aliphatic rings. The van der Waals surface area contributed by atoms with Gasteiger partial charge in [0.05, 0.1) is 7.11 Å². The molecule has 0 bridgehead atoms. The normalized spacial score (nSPS) is 7.67. The van der Waals surface area contributed by atoms with Crippen LogP contribution in [0.2, 0.25) is 0 Å². The maximum absolute atomic E-state index is 9.65. The Hall–Kier alpha value is -0.570.